The fourth-order valence-corrected chi connectivity index (χ4v) is 2.24. The molecule has 9 nitrogen and oxygen atoms in total. The highest BCUT2D eigenvalue weighted by molar-refractivity contribution is 8.00. The number of aromatic nitrogens is 2. The zero-order valence-corrected chi connectivity index (χ0v) is 14.6. The molecule has 0 aliphatic rings. The second kappa shape index (κ2) is 8.57. The summed E-state index contributed by atoms with van der Waals surface area (Å²) in [5.74, 6) is -1.48. The van der Waals surface area contributed by atoms with Crippen LogP contribution in [0.4, 0.5) is 4.79 Å². The summed E-state index contributed by atoms with van der Waals surface area (Å²) >= 11 is 0.975. The maximum atomic E-state index is 12.0. The van der Waals surface area contributed by atoms with E-state index in [1.54, 1.807) is 20.8 Å². The Morgan fingerprint density at radius 1 is 1.29 bits per heavy atom. The van der Waals surface area contributed by atoms with Crippen LogP contribution in [-0.2, 0) is 20.9 Å². The van der Waals surface area contributed by atoms with Crippen molar-refractivity contribution in [3.05, 3.63) is 22.6 Å². The van der Waals surface area contributed by atoms with Crippen LogP contribution in [0.3, 0.4) is 0 Å². The molecule has 0 aromatic carbocycles. The molecule has 0 atom stereocenters. The number of nitrogens with one attached hydrogen (secondary N) is 1. The molecule has 1 rings (SSSR count). The number of carbonyl (C=O) groups is 3. The summed E-state index contributed by atoms with van der Waals surface area (Å²) in [7, 11) is 0. The smallest absolute Gasteiger partial charge is 0.433 e. The normalized spacial score (nSPS) is 11.1. The number of thioether (sulfide) groups is 1. The molecule has 0 unspecified atom stereocenters. The molecular weight excluding hydrogens is 338 g/mol. The number of hydrogen-bond donors (Lipinski definition) is 2. The zero-order chi connectivity index (χ0) is 18.3. The highest BCUT2D eigenvalue weighted by Crippen LogP contribution is 2.08. The third kappa shape index (κ3) is 6.90. The van der Waals surface area contributed by atoms with Crippen LogP contribution in [0.2, 0.25) is 0 Å². The standard InChI is InChI=1S/C14H21N3O6S/c1-14(2,3)23-13(22)17-6-4-11(19)16(17)7-5-15-10(18)8-24-9-12(20)21/h4,6H,5,7-9H2,1-3H3,(H,15,18)(H,20,21). The van der Waals surface area contributed by atoms with Crippen molar-refractivity contribution in [2.75, 3.05) is 18.1 Å². The van der Waals surface area contributed by atoms with Crippen molar-refractivity contribution in [1.29, 1.82) is 0 Å². The minimum absolute atomic E-state index is 0.00821. The van der Waals surface area contributed by atoms with Crippen molar-refractivity contribution in [2.45, 2.75) is 32.9 Å². The Bertz CT molecular complexity index is 658. The third-order valence-electron chi connectivity index (χ3n) is 2.56. The number of rotatable bonds is 7. The van der Waals surface area contributed by atoms with Gasteiger partial charge in [-0.15, -0.1) is 11.8 Å². The lowest BCUT2D eigenvalue weighted by molar-refractivity contribution is -0.133. The number of carboxylic acids is 1. The first-order chi connectivity index (χ1) is 11.1. The average Bonchev–Trinajstić information content (AvgIpc) is 2.78. The topological polar surface area (TPSA) is 120 Å². The summed E-state index contributed by atoms with van der Waals surface area (Å²) in [6.45, 7) is 5.35. The molecule has 0 radical (unpaired) electrons. The van der Waals surface area contributed by atoms with Gasteiger partial charge in [-0.2, -0.15) is 4.68 Å². The number of aliphatic carboxylic acids is 1. The predicted octanol–water partition coefficient (Wildman–Crippen LogP) is 0.367. The lowest BCUT2D eigenvalue weighted by Crippen LogP contribution is -2.36. The quantitative estimate of drug-likeness (QED) is 0.721. The minimum atomic E-state index is -0.991. The van der Waals surface area contributed by atoms with Crippen molar-refractivity contribution in [3.8, 4) is 0 Å². The molecule has 0 saturated carbocycles. The Hall–Kier alpha value is -2.23. The Labute approximate surface area is 142 Å². The Balaban J connectivity index is 2.55. The van der Waals surface area contributed by atoms with Gasteiger partial charge >= 0.3 is 12.1 Å². The van der Waals surface area contributed by atoms with Crippen molar-refractivity contribution in [2.24, 2.45) is 0 Å². The van der Waals surface area contributed by atoms with Crippen LogP contribution < -0.4 is 10.9 Å². The largest absolute Gasteiger partial charge is 0.481 e. The van der Waals surface area contributed by atoms with Crippen molar-refractivity contribution in [1.82, 2.24) is 14.7 Å². The van der Waals surface area contributed by atoms with Gasteiger partial charge in [-0.1, -0.05) is 0 Å². The van der Waals surface area contributed by atoms with E-state index < -0.39 is 23.2 Å². The molecule has 0 aliphatic heterocycles. The summed E-state index contributed by atoms with van der Waals surface area (Å²) < 4.78 is 7.40. The monoisotopic (exact) mass is 359 g/mol. The van der Waals surface area contributed by atoms with Gasteiger partial charge in [0.05, 0.1) is 18.1 Å². The summed E-state index contributed by atoms with van der Waals surface area (Å²) in [5.41, 5.74) is -1.09. The fourth-order valence-electron chi connectivity index (χ4n) is 1.68. The molecule has 2 N–H and O–H groups in total. The van der Waals surface area contributed by atoms with E-state index in [1.165, 1.54) is 12.3 Å². The van der Waals surface area contributed by atoms with E-state index in [9.17, 15) is 19.2 Å². The lowest BCUT2D eigenvalue weighted by atomic mass is 10.2. The zero-order valence-electron chi connectivity index (χ0n) is 13.8. The van der Waals surface area contributed by atoms with Crippen LogP contribution in [0, 0.1) is 0 Å². The number of carbonyl (C=O) groups excluding carboxylic acids is 2. The van der Waals surface area contributed by atoms with E-state index in [1.807, 2.05) is 0 Å². The number of hydrogen-bond acceptors (Lipinski definition) is 6. The van der Waals surface area contributed by atoms with Gasteiger partial charge in [0.15, 0.2) is 0 Å². The first kappa shape index (κ1) is 19.8. The maximum Gasteiger partial charge on any atom is 0.433 e. The molecule has 1 aromatic rings. The van der Waals surface area contributed by atoms with Crippen LogP contribution in [-0.4, -0.2) is 56.1 Å². The summed E-state index contributed by atoms with van der Waals surface area (Å²) in [6.07, 6.45) is 0.619. The predicted molar refractivity (Wildman–Crippen MR) is 88.3 cm³/mol. The summed E-state index contributed by atoms with van der Waals surface area (Å²) in [6, 6.07) is 1.23. The molecule has 0 saturated heterocycles. The summed E-state index contributed by atoms with van der Waals surface area (Å²) in [5, 5.41) is 11.0. The van der Waals surface area contributed by atoms with Crippen LogP contribution in [0.25, 0.3) is 0 Å². The molecule has 1 aromatic heterocycles. The molecular formula is C14H21N3O6S. The molecule has 24 heavy (non-hydrogen) atoms. The number of nitrogens with zero attached hydrogens (tertiary/aromatic N) is 2. The van der Waals surface area contributed by atoms with Crippen LogP contribution in [0.1, 0.15) is 20.8 Å². The molecule has 0 bridgehead atoms. The van der Waals surface area contributed by atoms with E-state index in [4.69, 9.17) is 9.84 Å². The van der Waals surface area contributed by atoms with E-state index in [2.05, 4.69) is 5.32 Å². The SMILES string of the molecule is CC(C)(C)OC(=O)n1ccc(=O)n1CCNC(=O)CSCC(=O)O. The molecule has 1 amide bonds. The average molecular weight is 359 g/mol. The second-order valence-electron chi connectivity index (χ2n) is 5.84. The number of amides is 1. The Morgan fingerprint density at radius 2 is 1.96 bits per heavy atom. The fraction of sp³-hybridized carbons (Fsp3) is 0.571. The van der Waals surface area contributed by atoms with Crippen molar-refractivity contribution in [3.63, 3.8) is 0 Å². The second-order valence-corrected chi connectivity index (χ2v) is 6.82. The van der Waals surface area contributed by atoms with Gasteiger partial charge in [-0.05, 0) is 20.8 Å². The van der Waals surface area contributed by atoms with Crippen LogP contribution in [0.15, 0.2) is 17.1 Å². The van der Waals surface area contributed by atoms with E-state index in [0.29, 0.717) is 0 Å². The molecule has 0 spiro atoms. The summed E-state index contributed by atoms with van der Waals surface area (Å²) in [4.78, 5) is 45.7. The Kier molecular flexibility index (Phi) is 7.08. The van der Waals surface area contributed by atoms with Gasteiger partial charge in [0.2, 0.25) is 5.91 Å². The molecule has 10 heteroatoms. The highest BCUT2D eigenvalue weighted by Gasteiger charge is 2.20. The van der Waals surface area contributed by atoms with Crippen LogP contribution in [0.5, 0.6) is 0 Å². The first-order valence-electron chi connectivity index (χ1n) is 7.18. The third-order valence-corrected chi connectivity index (χ3v) is 3.48. The van der Waals surface area contributed by atoms with Crippen molar-refractivity contribution >= 4 is 29.7 Å². The first-order valence-corrected chi connectivity index (χ1v) is 8.33. The molecule has 1 heterocycles. The maximum absolute atomic E-state index is 12.0. The number of carboxylic acid groups (broad SMARTS) is 1. The molecule has 0 fully saturated rings. The van der Waals surface area contributed by atoms with E-state index in [-0.39, 0.29) is 30.5 Å². The van der Waals surface area contributed by atoms with Gasteiger partial charge in [0, 0.05) is 18.8 Å². The van der Waals surface area contributed by atoms with Gasteiger partial charge in [-0.25, -0.2) is 9.48 Å². The van der Waals surface area contributed by atoms with Gasteiger partial charge in [0.1, 0.15) is 5.60 Å². The minimum Gasteiger partial charge on any atom is -0.481 e. The van der Waals surface area contributed by atoms with E-state index >= 15 is 0 Å². The van der Waals surface area contributed by atoms with Gasteiger partial charge in [0.25, 0.3) is 5.56 Å². The Morgan fingerprint density at radius 3 is 2.54 bits per heavy atom. The molecule has 0 aliphatic carbocycles. The van der Waals surface area contributed by atoms with Crippen LogP contribution >= 0.6 is 11.8 Å². The lowest BCUT2D eigenvalue weighted by Gasteiger charge is -2.20. The number of ether oxygens (including phenoxy) is 1. The van der Waals surface area contributed by atoms with Crippen molar-refractivity contribution < 1.29 is 24.2 Å². The molecule has 134 valence electrons. The van der Waals surface area contributed by atoms with E-state index in [0.717, 1.165) is 21.1 Å². The van der Waals surface area contributed by atoms with Gasteiger partial charge in [-0.3, -0.25) is 14.4 Å². The highest BCUT2D eigenvalue weighted by atomic mass is 32.2. The van der Waals surface area contributed by atoms with Gasteiger partial charge < -0.3 is 15.2 Å².